The summed E-state index contributed by atoms with van der Waals surface area (Å²) >= 11 is 1.69. The molecule has 0 bridgehead atoms. The van der Waals surface area contributed by atoms with Crippen LogP contribution in [0.4, 0.5) is 10.5 Å². The number of carbonyl (C=O) groups is 1. The molecule has 1 N–H and O–H groups in total. The van der Waals surface area contributed by atoms with Crippen LogP contribution in [0.5, 0.6) is 0 Å². The molecule has 2 aromatic heterocycles. The summed E-state index contributed by atoms with van der Waals surface area (Å²) < 4.78 is 7.73. The Morgan fingerprint density at radius 2 is 2.03 bits per heavy atom. The van der Waals surface area contributed by atoms with E-state index < -0.39 is 0 Å². The first-order valence-electron chi connectivity index (χ1n) is 10.8. The summed E-state index contributed by atoms with van der Waals surface area (Å²) in [5.41, 5.74) is 3.31. The van der Waals surface area contributed by atoms with Crippen molar-refractivity contribution in [1.29, 1.82) is 0 Å². The highest BCUT2D eigenvalue weighted by Crippen LogP contribution is 2.33. The number of thiophene rings is 1. The molecular weight excluding hydrogens is 396 g/mol. The molecule has 158 valence electrons. The third-order valence-electron chi connectivity index (χ3n) is 6.22. The summed E-state index contributed by atoms with van der Waals surface area (Å²) in [5.74, 6) is 0. The topological polar surface area (TPSA) is 49.7 Å². The van der Waals surface area contributed by atoms with E-state index in [1.165, 1.54) is 11.1 Å². The molecule has 0 saturated carbocycles. The van der Waals surface area contributed by atoms with Crippen molar-refractivity contribution in [3.8, 4) is 0 Å². The zero-order chi connectivity index (χ0) is 20.3. The third kappa shape index (κ3) is 4.10. The van der Waals surface area contributed by atoms with Gasteiger partial charge in [0.15, 0.2) is 0 Å². The van der Waals surface area contributed by atoms with Gasteiger partial charge in [-0.3, -0.25) is 4.90 Å². The van der Waals surface area contributed by atoms with Crippen LogP contribution in [0, 0.1) is 0 Å². The number of aromatic nitrogens is 1. The van der Waals surface area contributed by atoms with Crippen LogP contribution in [-0.2, 0) is 11.3 Å². The highest BCUT2D eigenvalue weighted by Gasteiger charge is 2.30. The van der Waals surface area contributed by atoms with Crippen molar-refractivity contribution in [3.05, 3.63) is 52.9 Å². The average molecular weight is 425 g/mol. The summed E-state index contributed by atoms with van der Waals surface area (Å²) in [6.45, 7) is 6.50. The maximum atomic E-state index is 12.9. The predicted molar refractivity (Wildman–Crippen MR) is 121 cm³/mol. The number of urea groups is 1. The van der Waals surface area contributed by atoms with Crippen LogP contribution in [0.2, 0.25) is 0 Å². The monoisotopic (exact) mass is 424 g/mol. The number of hydrogen-bond acceptors (Lipinski definition) is 4. The van der Waals surface area contributed by atoms with E-state index in [2.05, 4.69) is 56.0 Å². The largest absolute Gasteiger partial charge is 0.379 e. The van der Waals surface area contributed by atoms with Gasteiger partial charge in [0, 0.05) is 55.5 Å². The van der Waals surface area contributed by atoms with E-state index in [1.807, 2.05) is 11.0 Å². The maximum Gasteiger partial charge on any atom is 0.322 e. The molecule has 1 unspecified atom stereocenters. The average Bonchev–Trinajstić information content (AvgIpc) is 3.53. The molecule has 3 aromatic rings. The van der Waals surface area contributed by atoms with Gasteiger partial charge in [-0.25, -0.2) is 4.79 Å². The number of nitrogens with zero attached hydrogens (tertiary/aromatic N) is 3. The fourth-order valence-electron chi connectivity index (χ4n) is 4.56. The van der Waals surface area contributed by atoms with E-state index in [4.69, 9.17) is 4.74 Å². The second kappa shape index (κ2) is 8.79. The van der Waals surface area contributed by atoms with E-state index in [9.17, 15) is 4.79 Å². The minimum absolute atomic E-state index is 0.00481. The van der Waals surface area contributed by atoms with E-state index in [1.54, 1.807) is 11.3 Å². The number of fused-ring (bicyclic) bond motifs is 1. The standard InChI is InChI=1S/C23H28N4O2S/c28-23(27-7-1-2-22(27)19-6-15-30-17-19)24-20-3-4-21-18(16-20)5-8-26(21)10-9-25-11-13-29-14-12-25/h3-6,8,15-17,22H,1-2,7,9-14H2,(H,24,28). The quantitative estimate of drug-likeness (QED) is 0.660. The molecular formula is C23H28N4O2S. The Morgan fingerprint density at radius 3 is 2.87 bits per heavy atom. The lowest BCUT2D eigenvalue weighted by Gasteiger charge is -2.26. The Kier molecular flexibility index (Phi) is 5.75. The summed E-state index contributed by atoms with van der Waals surface area (Å²) in [7, 11) is 0. The Labute approximate surface area is 181 Å². The van der Waals surface area contributed by atoms with Gasteiger partial charge in [0.25, 0.3) is 0 Å². The molecule has 30 heavy (non-hydrogen) atoms. The number of rotatable bonds is 5. The smallest absolute Gasteiger partial charge is 0.322 e. The molecule has 0 radical (unpaired) electrons. The molecule has 2 aliphatic heterocycles. The van der Waals surface area contributed by atoms with Crippen LogP contribution in [0.3, 0.4) is 0 Å². The molecule has 2 amide bonds. The van der Waals surface area contributed by atoms with Gasteiger partial charge in [0.2, 0.25) is 0 Å². The number of anilines is 1. The van der Waals surface area contributed by atoms with Gasteiger partial charge in [-0.1, -0.05) is 0 Å². The van der Waals surface area contributed by atoms with E-state index in [-0.39, 0.29) is 12.1 Å². The number of nitrogens with one attached hydrogen (secondary N) is 1. The van der Waals surface area contributed by atoms with Crippen LogP contribution in [0.25, 0.3) is 10.9 Å². The highest BCUT2D eigenvalue weighted by molar-refractivity contribution is 7.08. The van der Waals surface area contributed by atoms with Gasteiger partial charge in [-0.05, 0) is 59.5 Å². The van der Waals surface area contributed by atoms with E-state index in [0.29, 0.717) is 0 Å². The minimum Gasteiger partial charge on any atom is -0.379 e. The molecule has 5 rings (SSSR count). The maximum absolute atomic E-state index is 12.9. The van der Waals surface area contributed by atoms with Crippen molar-refractivity contribution in [1.82, 2.24) is 14.4 Å². The van der Waals surface area contributed by atoms with Crippen molar-refractivity contribution in [2.75, 3.05) is 44.7 Å². The third-order valence-corrected chi connectivity index (χ3v) is 6.93. The minimum atomic E-state index is -0.00481. The van der Waals surface area contributed by atoms with Crippen LogP contribution in [-0.4, -0.2) is 59.8 Å². The fourth-order valence-corrected chi connectivity index (χ4v) is 5.27. The molecule has 2 saturated heterocycles. The molecule has 2 aliphatic rings. The first-order valence-corrected chi connectivity index (χ1v) is 11.7. The summed E-state index contributed by atoms with van der Waals surface area (Å²) in [4.78, 5) is 17.4. The van der Waals surface area contributed by atoms with Crippen molar-refractivity contribution < 1.29 is 9.53 Å². The van der Waals surface area contributed by atoms with Crippen molar-refractivity contribution >= 4 is 34.0 Å². The first kappa shape index (κ1) is 19.6. The SMILES string of the molecule is O=C(Nc1ccc2c(ccn2CCN2CCOCC2)c1)N1CCCC1c1ccsc1. The van der Waals surface area contributed by atoms with E-state index in [0.717, 1.165) is 69.9 Å². The number of ether oxygens (including phenoxy) is 1. The van der Waals surface area contributed by atoms with Gasteiger partial charge in [0.1, 0.15) is 0 Å². The Morgan fingerprint density at radius 1 is 1.13 bits per heavy atom. The second-order valence-corrected chi connectivity index (χ2v) is 8.86. The molecule has 6 nitrogen and oxygen atoms in total. The lowest BCUT2D eigenvalue weighted by Crippen LogP contribution is -2.38. The lowest BCUT2D eigenvalue weighted by molar-refractivity contribution is 0.0365. The van der Waals surface area contributed by atoms with Gasteiger partial charge in [-0.2, -0.15) is 11.3 Å². The van der Waals surface area contributed by atoms with Crippen LogP contribution < -0.4 is 5.32 Å². The normalized spacial score (nSPS) is 20.1. The molecule has 1 atom stereocenters. The second-order valence-electron chi connectivity index (χ2n) is 8.07. The molecule has 2 fully saturated rings. The highest BCUT2D eigenvalue weighted by atomic mass is 32.1. The van der Waals surface area contributed by atoms with Crippen LogP contribution >= 0.6 is 11.3 Å². The van der Waals surface area contributed by atoms with Crippen molar-refractivity contribution in [2.45, 2.75) is 25.4 Å². The first-order chi connectivity index (χ1) is 14.8. The zero-order valence-electron chi connectivity index (χ0n) is 17.1. The lowest BCUT2D eigenvalue weighted by atomic mass is 10.1. The fraction of sp³-hybridized carbons (Fsp3) is 0.435. The van der Waals surface area contributed by atoms with Crippen LogP contribution in [0.15, 0.2) is 47.3 Å². The summed E-state index contributed by atoms with van der Waals surface area (Å²) in [6, 6.07) is 10.7. The van der Waals surface area contributed by atoms with Gasteiger partial charge in [-0.15, -0.1) is 0 Å². The molecule has 0 aliphatic carbocycles. The zero-order valence-corrected chi connectivity index (χ0v) is 17.9. The molecule has 7 heteroatoms. The van der Waals surface area contributed by atoms with Gasteiger partial charge in [0.05, 0.1) is 19.3 Å². The molecule has 4 heterocycles. The Bertz CT molecular complexity index is 994. The van der Waals surface area contributed by atoms with Crippen molar-refractivity contribution in [3.63, 3.8) is 0 Å². The molecule has 0 spiro atoms. The molecule has 1 aromatic carbocycles. The predicted octanol–water partition coefficient (Wildman–Crippen LogP) is 4.40. The number of morpholine rings is 1. The van der Waals surface area contributed by atoms with Gasteiger partial charge < -0.3 is 19.5 Å². The number of hydrogen-bond donors (Lipinski definition) is 1. The summed E-state index contributed by atoms with van der Waals surface area (Å²) in [5, 5.41) is 8.52. The van der Waals surface area contributed by atoms with Gasteiger partial charge >= 0.3 is 6.03 Å². The van der Waals surface area contributed by atoms with E-state index >= 15 is 0 Å². The number of carbonyl (C=O) groups excluding carboxylic acids is 1. The number of likely N-dealkylation sites (tertiary alicyclic amines) is 1. The van der Waals surface area contributed by atoms with Crippen molar-refractivity contribution in [2.24, 2.45) is 0 Å². The Hall–Kier alpha value is -2.35. The summed E-state index contributed by atoms with van der Waals surface area (Å²) in [6.07, 6.45) is 4.23. The number of benzene rings is 1. The van der Waals surface area contributed by atoms with Crippen LogP contribution in [0.1, 0.15) is 24.4 Å². The number of amides is 2. The Balaban J connectivity index is 1.24.